The summed E-state index contributed by atoms with van der Waals surface area (Å²) in [6.07, 6.45) is 9.71. The second-order valence-electron chi connectivity index (χ2n) is 8.13. The van der Waals surface area contributed by atoms with Gasteiger partial charge < -0.3 is 4.74 Å². The highest BCUT2D eigenvalue weighted by Crippen LogP contribution is 2.27. The number of aliphatic imine (C=N–C) groups is 1. The van der Waals surface area contributed by atoms with E-state index in [4.69, 9.17) is 4.74 Å². The Hall–Kier alpha value is -2.96. The molecule has 32 heavy (non-hydrogen) atoms. The molecule has 0 spiro atoms. The van der Waals surface area contributed by atoms with Gasteiger partial charge in [0.2, 0.25) is 0 Å². The summed E-state index contributed by atoms with van der Waals surface area (Å²) in [5.74, 6) is 1.46. The number of aryl methyl sites for hydroxylation is 2. The average molecular weight is 440 g/mol. The largest absolute Gasteiger partial charge is 0.492 e. The van der Waals surface area contributed by atoms with Gasteiger partial charge in [-0.05, 0) is 36.7 Å². The van der Waals surface area contributed by atoms with Crippen LogP contribution in [0.4, 0.5) is 0 Å². The molecule has 162 valence electrons. The Labute approximate surface area is 193 Å². The number of para-hydroxylation sites is 1. The van der Waals surface area contributed by atoms with Gasteiger partial charge in [0.1, 0.15) is 5.75 Å². The van der Waals surface area contributed by atoms with Gasteiger partial charge in [0.15, 0.2) is 0 Å². The van der Waals surface area contributed by atoms with Crippen LogP contribution < -0.4 is 15.3 Å². The van der Waals surface area contributed by atoms with Crippen molar-refractivity contribution in [1.29, 1.82) is 0 Å². The van der Waals surface area contributed by atoms with Crippen LogP contribution in [0.15, 0.2) is 96.0 Å². The predicted molar refractivity (Wildman–Crippen MR) is 140 cm³/mol. The van der Waals surface area contributed by atoms with Gasteiger partial charge in [-0.3, -0.25) is 4.99 Å². The minimum atomic E-state index is 0.432. The van der Waals surface area contributed by atoms with Crippen molar-refractivity contribution in [2.24, 2.45) is 10.9 Å². The van der Waals surface area contributed by atoms with E-state index in [-0.39, 0.29) is 0 Å². The summed E-state index contributed by atoms with van der Waals surface area (Å²) in [5.41, 5.74) is 5.85. The van der Waals surface area contributed by atoms with Crippen LogP contribution in [0.1, 0.15) is 28.7 Å². The molecular weight excluding hydrogens is 409 g/mol. The molecule has 0 fully saturated rings. The lowest BCUT2D eigenvalue weighted by Gasteiger charge is -2.20. The monoisotopic (exact) mass is 439 g/mol. The maximum absolute atomic E-state index is 6.42. The Kier molecular flexibility index (Phi) is 7.35. The average Bonchev–Trinajstić information content (AvgIpc) is 2.82. The Bertz CT molecular complexity index is 1160. The number of hydrogen-bond acceptors (Lipinski definition) is 2. The lowest BCUT2D eigenvalue weighted by Crippen LogP contribution is -2.20. The highest BCUT2D eigenvalue weighted by Gasteiger charge is 2.17. The molecule has 0 aliphatic heterocycles. The Morgan fingerprint density at radius 1 is 0.938 bits per heavy atom. The van der Waals surface area contributed by atoms with E-state index in [2.05, 4.69) is 104 Å². The third-order valence-electron chi connectivity index (χ3n) is 5.78. The van der Waals surface area contributed by atoms with Gasteiger partial charge in [-0.1, -0.05) is 99.6 Å². The molecule has 0 saturated carbocycles. The molecule has 2 atom stereocenters. The van der Waals surface area contributed by atoms with Crippen molar-refractivity contribution in [3.63, 3.8) is 0 Å². The molecule has 0 saturated heterocycles. The summed E-state index contributed by atoms with van der Waals surface area (Å²) in [6.45, 7) is 5.04. The summed E-state index contributed by atoms with van der Waals surface area (Å²) in [4.78, 5) is 4.69. The van der Waals surface area contributed by atoms with Crippen molar-refractivity contribution >= 4 is 24.9 Å². The minimum absolute atomic E-state index is 0.432. The summed E-state index contributed by atoms with van der Waals surface area (Å²) < 4.78 is 6.42. The van der Waals surface area contributed by atoms with Crippen molar-refractivity contribution in [2.45, 2.75) is 20.3 Å². The van der Waals surface area contributed by atoms with E-state index < -0.39 is 0 Å². The predicted octanol–water partition coefficient (Wildman–Crippen LogP) is 5.91. The number of allylic oxidation sites excluding steroid dienone is 3. The van der Waals surface area contributed by atoms with E-state index in [0.29, 0.717) is 21.1 Å². The molecule has 1 aliphatic rings. The summed E-state index contributed by atoms with van der Waals surface area (Å²) in [6, 6.07) is 23.4. The van der Waals surface area contributed by atoms with Crippen molar-refractivity contribution in [2.75, 3.05) is 13.7 Å². The number of hydrogen-bond donors (Lipinski definition) is 0. The van der Waals surface area contributed by atoms with E-state index in [0.717, 1.165) is 23.4 Å². The van der Waals surface area contributed by atoms with Crippen LogP contribution >= 0.6 is 8.58 Å². The first-order valence-electron chi connectivity index (χ1n) is 11.1. The van der Waals surface area contributed by atoms with Gasteiger partial charge in [-0.2, -0.15) is 0 Å². The summed E-state index contributed by atoms with van der Waals surface area (Å²) >= 11 is 0. The van der Waals surface area contributed by atoms with Gasteiger partial charge in [0, 0.05) is 29.4 Å². The Balaban J connectivity index is 1.67. The maximum atomic E-state index is 6.42. The molecule has 3 aromatic carbocycles. The molecule has 4 rings (SSSR count). The number of rotatable bonds is 7. The fourth-order valence-electron chi connectivity index (χ4n) is 4.05. The first kappa shape index (κ1) is 22.2. The van der Waals surface area contributed by atoms with E-state index in [1.807, 2.05) is 13.1 Å². The van der Waals surface area contributed by atoms with Gasteiger partial charge in [-0.15, -0.1) is 0 Å². The molecule has 0 heterocycles. The third kappa shape index (κ3) is 5.09. The first-order chi connectivity index (χ1) is 15.7. The fourth-order valence-corrected chi connectivity index (χ4v) is 5.50. The number of nitrogens with zero attached hydrogens (tertiary/aromatic N) is 1. The standard InChI is InChI=1S/C29H30NOP/c1-21-12-11-19-26(28(21)31-20-23-14-6-4-7-15-23)32-29-22(2)13-10-18-25(29)27(30-3)24-16-8-5-9-17-24/h4-14,16-19,23,32H,15,20H2,1-3H3. The lowest BCUT2D eigenvalue weighted by molar-refractivity contribution is 0.276. The van der Waals surface area contributed by atoms with E-state index in [9.17, 15) is 0 Å². The van der Waals surface area contributed by atoms with E-state index >= 15 is 0 Å². The zero-order valence-electron chi connectivity index (χ0n) is 19.0. The van der Waals surface area contributed by atoms with Crippen molar-refractivity contribution in [3.8, 4) is 5.75 Å². The summed E-state index contributed by atoms with van der Waals surface area (Å²) in [7, 11) is 2.37. The van der Waals surface area contributed by atoms with Crippen LogP contribution in [0.3, 0.4) is 0 Å². The quantitative estimate of drug-likeness (QED) is 0.331. The zero-order valence-corrected chi connectivity index (χ0v) is 20.0. The highest BCUT2D eigenvalue weighted by atomic mass is 31.1. The van der Waals surface area contributed by atoms with Crippen molar-refractivity contribution in [1.82, 2.24) is 0 Å². The zero-order chi connectivity index (χ0) is 22.3. The van der Waals surface area contributed by atoms with Crippen LogP contribution in [0.5, 0.6) is 5.75 Å². The minimum Gasteiger partial charge on any atom is -0.492 e. The fraction of sp³-hybridized carbons (Fsp3) is 0.207. The lowest BCUT2D eigenvalue weighted by atomic mass is 10.0. The SMILES string of the molecule is CN=C(c1ccccc1)c1cccc(C)c1Pc1cccc(C)c1OCC1C=CC=CC1. The molecule has 0 bridgehead atoms. The van der Waals surface area contributed by atoms with Crippen LogP contribution in [0.25, 0.3) is 0 Å². The van der Waals surface area contributed by atoms with Crippen LogP contribution in [0.2, 0.25) is 0 Å². The molecular formula is C29H30NOP. The molecule has 0 aromatic heterocycles. The molecule has 3 aromatic rings. The maximum Gasteiger partial charge on any atom is 0.129 e. The molecule has 0 N–H and O–H groups in total. The van der Waals surface area contributed by atoms with Gasteiger partial charge in [-0.25, -0.2) is 0 Å². The first-order valence-corrected chi connectivity index (χ1v) is 12.1. The van der Waals surface area contributed by atoms with Crippen LogP contribution in [0, 0.1) is 19.8 Å². The second-order valence-corrected chi connectivity index (χ2v) is 9.42. The van der Waals surface area contributed by atoms with Gasteiger partial charge >= 0.3 is 0 Å². The molecule has 2 unspecified atom stereocenters. The van der Waals surface area contributed by atoms with Crippen LogP contribution in [-0.4, -0.2) is 19.4 Å². The number of ether oxygens (including phenoxy) is 1. The van der Waals surface area contributed by atoms with E-state index in [1.54, 1.807) is 0 Å². The normalized spacial score (nSPS) is 16.1. The Morgan fingerprint density at radius 3 is 2.47 bits per heavy atom. The molecule has 0 amide bonds. The summed E-state index contributed by atoms with van der Waals surface area (Å²) in [5, 5.41) is 2.58. The van der Waals surface area contributed by atoms with Gasteiger partial charge in [0.25, 0.3) is 0 Å². The smallest absolute Gasteiger partial charge is 0.129 e. The topological polar surface area (TPSA) is 21.6 Å². The Morgan fingerprint density at radius 2 is 1.72 bits per heavy atom. The molecule has 2 nitrogen and oxygen atoms in total. The molecule has 3 heteroatoms. The van der Waals surface area contributed by atoms with Gasteiger partial charge in [0.05, 0.1) is 12.3 Å². The van der Waals surface area contributed by atoms with Crippen molar-refractivity contribution < 1.29 is 4.74 Å². The van der Waals surface area contributed by atoms with E-state index in [1.165, 1.54) is 27.3 Å². The third-order valence-corrected chi connectivity index (χ3v) is 7.36. The second kappa shape index (κ2) is 10.6. The molecule has 0 radical (unpaired) electrons. The number of benzene rings is 3. The highest BCUT2D eigenvalue weighted by molar-refractivity contribution is 7.56. The molecule has 1 aliphatic carbocycles. The van der Waals surface area contributed by atoms with Crippen molar-refractivity contribution in [3.05, 3.63) is 113 Å². The van der Waals surface area contributed by atoms with Crippen LogP contribution in [-0.2, 0) is 0 Å².